The molecule has 3 aromatic carbocycles. The molecule has 0 amide bonds. The highest BCUT2D eigenvalue weighted by molar-refractivity contribution is 6.15. The van der Waals surface area contributed by atoms with E-state index in [1.807, 2.05) is 72.8 Å². The third kappa shape index (κ3) is 3.64. The van der Waals surface area contributed by atoms with Crippen LogP contribution in [0.2, 0.25) is 0 Å². The normalized spacial score (nSPS) is 10.2. The number of hydrogen-bond acceptors (Lipinski definition) is 4. The molecule has 0 atom stereocenters. The van der Waals surface area contributed by atoms with Crippen molar-refractivity contribution in [2.75, 3.05) is 14.2 Å². The number of benzene rings is 3. The van der Waals surface area contributed by atoms with E-state index in [1.165, 1.54) is 0 Å². The summed E-state index contributed by atoms with van der Waals surface area (Å²) in [6.45, 7) is 0. The predicted molar refractivity (Wildman–Crippen MR) is 104 cm³/mol. The maximum absolute atomic E-state index is 8.47. The van der Waals surface area contributed by atoms with Gasteiger partial charge in [-0.25, -0.2) is 0 Å². The molecule has 0 aliphatic carbocycles. The largest absolute Gasteiger partial charge is 0.497 e. The fraction of sp³-hybridized carbons (Fsp3) is 0.0909. The molecule has 4 heteroatoms. The van der Waals surface area contributed by atoms with E-state index in [-0.39, 0.29) is 0 Å². The maximum atomic E-state index is 8.47. The van der Waals surface area contributed by atoms with E-state index in [9.17, 15) is 0 Å². The van der Waals surface area contributed by atoms with Crippen LogP contribution in [0.3, 0.4) is 0 Å². The van der Waals surface area contributed by atoms with E-state index in [0.717, 1.165) is 33.8 Å². The lowest BCUT2D eigenvalue weighted by Crippen LogP contribution is -2.06. The van der Waals surface area contributed by atoms with E-state index in [1.54, 1.807) is 14.2 Å². The highest BCUT2D eigenvalue weighted by atomic mass is 16.5. The summed E-state index contributed by atoms with van der Waals surface area (Å²) in [6.07, 6.45) is 0. The number of rotatable bonds is 6. The van der Waals surface area contributed by atoms with Gasteiger partial charge in [-0.15, -0.1) is 0 Å². The molecule has 4 nitrogen and oxygen atoms in total. The summed E-state index contributed by atoms with van der Waals surface area (Å²) in [4.78, 5) is 0. The molecule has 0 fully saturated rings. The van der Waals surface area contributed by atoms with Gasteiger partial charge in [-0.2, -0.15) is 0 Å². The van der Waals surface area contributed by atoms with Crippen molar-refractivity contribution in [3.8, 4) is 11.5 Å². The van der Waals surface area contributed by atoms with Crippen molar-refractivity contribution < 1.29 is 9.47 Å². The summed E-state index contributed by atoms with van der Waals surface area (Å²) >= 11 is 0. The second-order valence-corrected chi connectivity index (χ2v) is 5.79. The van der Waals surface area contributed by atoms with Crippen molar-refractivity contribution in [1.82, 2.24) is 0 Å². The van der Waals surface area contributed by atoms with Crippen molar-refractivity contribution in [2.24, 2.45) is 0 Å². The minimum atomic E-state index is 0.414. The highest BCUT2D eigenvalue weighted by Gasteiger charge is 2.10. The Kier molecular flexibility index (Phi) is 5.13. The third-order valence-corrected chi connectivity index (χ3v) is 4.20. The van der Waals surface area contributed by atoms with Crippen molar-refractivity contribution in [3.63, 3.8) is 0 Å². The van der Waals surface area contributed by atoms with Gasteiger partial charge in [-0.1, -0.05) is 18.2 Å². The molecule has 3 aromatic rings. The van der Waals surface area contributed by atoms with Crippen LogP contribution in [0.15, 0.2) is 72.8 Å². The SMILES string of the molecule is COc1ccc(C(=N)c2cccc(C(=N)c3ccc(OC)cc3)c2)cc1. The molecule has 130 valence electrons. The fourth-order valence-corrected chi connectivity index (χ4v) is 2.68. The highest BCUT2D eigenvalue weighted by Crippen LogP contribution is 2.19. The Morgan fingerprint density at radius 3 is 1.31 bits per heavy atom. The van der Waals surface area contributed by atoms with Gasteiger partial charge in [0.05, 0.1) is 25.6 Å². The second-order valence-electron chi connectivity index (χ2n) is 5.79. The van der Waals surface area contributed by atoms with E-state index >= 15 is 0 Å². The molecule has 0 aliphatic rings. The molecule has 0 bridgehead atoms. The number of nitrogens with one attached hydrogen (secondary N) is 2. The van der Waals surface area contributed by atoms with Gasteiger partial charge in [0.15, 0.2) is 0 Å². The van der Waals surface area contributed by atoms with E-state index in [2.05, 4.69) is 0 Å². The average molecular weight is 344 g/mol. The Hall–Kier alpha value is -3.40. The molecule has 2 N–H and O–H groups in total. The van der Waals surface area contributed by atoms with Crippen LogP contribution in [0.1, 0.15) is 22.3 Å². The molecule has 0 spiro atoms. The molecular formula is C22H20N2O2. The Balaban J connectivity index is 1.86. The molecule has 0 saturated heterocycles. The van der Waals surface area contributed by atoms with Gasteiger partial charge in [-0.05, 0) is 54.6 Å². The van der Waals surface area contributed by atoms with Crippen LogP contribution in [0.25, 0.3) is 0 Å². The summed E-state index contributed by atoms with van der Waals surface area (Å²) in [7, 11) is 3.24. The van der Waals surface area contributed by atoms with Gasteiger partial charge in [0, 0.05) is 22.3 Å². The van der Waals surface area contributed by atoms with Crippen molar-refractivity contribution >= 4 is 11.4 Å². The van der Waals surface area contributed by atoms with Gasteiger partial charge in [-0.3, -0.25) is 10.8 Å². The van der Waals surface area contributed by atoms with E-state index < -0.39 is 0 Å². The Bertz CT molecular complexity index is 854. The zero-order valence-corrected chi connectivity index (χ0v) is 14.7. The van der Waals surface area contributed by atoms with Crippen molar-refractivity contribution in [2.45, 2.75) is 0 Å². The molecule has 0 aliphatic heterocycles. The van der Waals surface area contributed by atoms with Crippen LogP contribution >= 0.6 is 0 Å². The molecule has 0 heterocycles. The number of ether oxygens (including phenoxy) is 2. The first-order valence-corrected chi connectivity index (χ1v) is 8.19. The smallest absolute Gasteiger partial charge is 0.118 e. The summed E-state index contributed by atoms with van der Waals surface area (Å²) < 4.78 is 10.3. The minimum absolute atomic E-state index is 0.414. The fourth-order valence-electron chi connectivity index (χ4n) is 2.68. The summed E-state index contributed by atoms with van der Waals surface area (Å²) in [5.74, 6) is 1.52. The lowest BCUT2D eigenvalue weighted by atomic mass is 9.96. The average Bonchev–Trinajstić information content (AvgIpc) is 2.73. The third-order valence-electron chi connectivity index (χ3n) is 4.20. The second kappa shape index (κ2) is 7.66. The summed E-state index contributed by atoms with van der Waals surface area (Å²) in [5.41, 5.74) is 3.98. The van der Waals surface area contributed by atoms with Crippen LogP contribution in [-0.4, -0.2) is 25.6 Å². The maximum Gasteiger partial charge on any atom is 0.118 e. The number of methoxy groups -OCH3 is 2. The molecule has 0 saturated carbocycles. The van der Waals surface area contributed by atoms with Crippen LogP contribution < -0.4 is 9.47 Å². The van der Waals surface area contributed by atoms with Crippen molar-refractivity contribution in [3.05, 3.63) is 95.1 Å². The lowest BCUT2D eigenvalue weighted by Gasteiger charge is -2.10. The van der Waals surface area contributed by atoms with Gasteiger partial charge in [0.25, 0.3) is 0 Å². The van der Waals surface area contributed by atoms with Crippen LogP contribution in [0.5, 0.6) is 11.5 Å². The van der Waals surface area contributed by atoms with Crippen LogP contribution in [0.4, 0.5) is 0 Å². The Morgan fingerprint density at radius 1 is 0.577 bits per heavy atom. The first-order chi connectivity index (χ1) is 12.6. The molecule has 3 rings (SSSR count). The zero-order chi connectivity index (χ0) is 18.5. The van der Waals surface area contributed by atoms with Crippen LogP contribution in [0, 0.1) is 10.8 Å². The van der Waals surface area contributed by atoms with Crippen molar-refractivity contribution in [1.29, 1.82) is 10.8 Å². The summed E-state index contributed by atoms with van der Waals surface area (Å²) in [5, 5.41) is 16.9. The molecule has 26 heavy (non-hydrogen) atoms. The molecular weight excluding hydrogens is 324 g/mol. The molecule has 0 aromatic heterocycles. The van der Waals surface area contributed by atoms with Gasteiger partial charge >= 0.3 is 0 Å². The first-order valence-electron chi connectivity index (χ1n) is 8.19. The monoisotopic (exact) mass is 344 g/mol. The zero-order valence-electron chi connectivity index (χ0n) is 14.7. The topological polar surface area (TPSA) is 66.2 Å². The first kappa shape index (κ1) is 17.4. The Labute approximate surface area is 153 Å². The van der Waals surface area contributed by atoms with Crippen LogP contribution in [-0.2, 0) is 0 Å². The van der Waals surface area contributed by atoms with Gasteiger partial charge < -0.3 is 9.47 Å². The Morgan fingerprint density at radius 2 is 0.962 bits per heavy atom. The van der Waals surface area contributed by atoms with E-state index in [0.29, 0.717) is 11.4 Å². The number of hydrogen-bond donors (Lipinski definition) is 2. The van der Waals surface area contributed by atoms with E-state index in [4.69, 9.17) is 20.3 Å². The molecule has 0 radical (unpaired) electrons. The summed E-state index contributed by atoms with van der Waals surface area (Å²) in [6, 6.07) is 22.3. The lowest BCUT2D eigenvalue weighted by molar-refractivity contribution is 0.414. The molecule has 0 unspecified atom stereocenters. The standard InChI is InChI=1S/C22H20N2O2/c1-25-19-10-6-15(7-11-19)21(23)17-4-3-5-18(14-17)22(24)16-8-12-20(26-2)13-9-16/h3-14,23-24H,1-2H3. The minimum Gasteiger partial charge on any atom is -0.497 e. The van der Waals surface area contributed by atoms with Gasteiger partial charge in [0.1, 0.15) is 11.5 Å². The van der Waals surface area contributed by atoms with Gasteiger partial charge in [0.2, 0.25) is 0 Å². The quantitative estimate of drug-likeness (QED) is 0.645. The predicted octanol–water partition coefficient (Wildman–Crippen LogP) is 4.54.